The summed E-state index contributed by atoms with van der Waals surface area (Å²) < 4.78 is 6.83. The smallest absolute Gasteiger partial charge is 0.255 e. The van der Waals surface area contributed by atoms with Crippen LogP contribution in [-0.2, 0) is 4.79 Å². The Morgan fingerprint density at radius 3 is 2.71 bits per heavy atom. The molecule has 3 N–H and O–H groups in total. The van der Waals surface area contributed by atoms with Crippen LogP contribution >= 0.6 is 28.1 Å². The van der Waals surface area contributed by atoms with E-state index in [1.807, 2.05) is 55.5 Å². The van der Waals surface area contributed by atoms with E-state index in [0.717, 1.165) is 27.9 Å². The van der Waals surface area contributed by atoms with E-state index in [2.05, 4.69) is 38.8 Å². The van der Waals surface area contributed by atoms with Gasteiger partial charge in [0.05, 0.1) is 18.2 Å². The number of anilines is 1. The fourth-order valence-electron chi connectivity index (χ4n) is 3.04. The summed E-state index contributed by atoms with van der Waals surface area (Å²) in [7, 11) is 0. The normalized spacial score (nSPS) is 16.2. The van der Waals surface area contributed by atoms with E-state index in [9.17, 15) is 4.79 Å². The maximum Gasteiger partial charge on any atom is 0.255 e. The highest BCUT2D eigenvalue weighted by Gasteiger charge is 2.32. The lowest BCUT2D eigenvalue weighted by atomic mass is 9.94. The second kappa shape index (κ2) is 9.21. The molecule has 0 aromatic heterocycles. The number of amides is 1. The third-order valence-corrected chi connectivity index (χ3v) is 5.00. The van der Waals surface area contributed by atoms with Gasteiger partial charge in [0.2, 0.25) is 0 Å². The monoisotopic (exact) mass is 459 g/mol. The molecular weight excluding hydrogens is 438 g/mol. The van der Waals surface area contributed by atoms with E-state index in [-0.39, 0.29) is 5.91 Å². The Balaban J connectivity index is 2.00. The lowest BCUT2D eigenvalue weighted by Gasteiger charge is -2.31. The van der Waals surface area contributed by atoms with Crippen molar-refractivity contribution < 1.29 is 9.53 Å². The Hall–Kier alpha value is -2.38. The first-order chi connectivity index (χ1) is 13.5. The lowest BCUT2D eigenvalue weighted by Crippen LogP contribution is -2.45. The second-order valence-electron chi connectivity index (χ2n) is 6.42. The van der Waals surface area contributed by atoms with Crippen LogP contribution in [0.15, 0.2) is 64.3 Å². The van der Waals surface area contributed by atoms with Gasteiger partial charge in [0.25, 0.3) is 5.91 Å². The van der Waals surface area contributed by atoms with Gasteiger partial charge < -0.3 is 20.7 Å². The summed E-state index contributed by atoms with van der Waals surface area (Å²) in [5, 5.41) is 9.72. The summed E-state index contributed by atoms with van der Waals surface area (Å²) in [6.45, 7) is 4.50. The first kappa shape index (κ1) is 20.4. The molecule has 28 heavy (non-hydrogen) atoms. The first-order valence-electron chi connectivity index (χ1n) is 9.06. The van der Waals surface area contributed by atoms with Crippen molar-refractivity contribution in [1.82, 2.24) is 10.6 Å². The molecule has 2 aromatic carbocycles. The minimum absolute atomic E-state index is 0.197. The molecule has 0 unspecified atom stereocenters. The molecule has 1 atom stereocenters. The van der Waals surface area contributed by atoms with Crippen LogP contribution in [0, 0.1) is 0 Å². The molecule has 0 spiro atoms. The molecular formula is C21H22BrN3O2S. The van der Waals surface area contributed by atoms with Gasteiger partial charge in [0.1, 0.15) is 5.75 Å². The number of carbonyl (C=O) groups excluding carboxylic acids is 1. The molecule has 0 aliphatic carbocycles. The molecule has 2 aromatic rings. The minimum Gasteiger partial charge on any atom is -0.493 e. The van der Waals surface area contributed by atoms with Crippen molar-refractivity contribution in [2.75, 3.05) is 11.9 Å². The predicted molar refractivity (Wildman–Crippen MR) is 119 cm³/mol. The van der Waals surface area contributed by atoms with Gasteiger partial charge in [-0.05, 0) is 55.9 Å². The number of rotatable bonds is 6. The number of para-hydroxylation sites is 1. The standard InChI is InChI=1S/C21H22BrN3O2S/c1-3-11-27-17-10-9-14(22)12-16(17)19-18(13(2)23-21(28)25-19)20(26)24-15-7-5-4-6-8-15/h4-10,12,19H,3,11H2,1-2H3,(H,24,26)(H2,23,25,28)/t19-/m0/s1. The molecule has 7 heteroatoms. The van der Waals surface area contributed by atoms with E-state index in [4.69, 9.17) is 17.0 Å². The van der Waals surface area contributed by atoms with Gasteiger partial charge in [0, 0.05) is 21.4 Å². The molecule has 0 radical (unpaired) electrons. The molecule has 0 saturated carbocycles. The van der Waals surface area contributed by atoms with E-state index in [1.54, 1.807) is 0 Å². The van der Waals surface area contributed by atoms with Crippen LogP contribution in [0.3, 0.4) is 0 Å². The molecule has 5 nitrogen and oxygen atoms in total. The number of ether oxygens (including phenoxy) is 1. The molecule has 1 amide bonds. The zero-order chi connectivity index (χ0) is 20.1. The van der Waals surface area contributed by atoms with Gasteiger partial charge in [-0.2, -0.15) is 0 Å². The molecule has 0 fully saturated rings. The van der Waals surface area contributed by atoms with E-state index in [1.165, 1.54) is 0 Å². The molecule has 0 saturated heterocycles. The maximum absolute atomic E-state index is 13.1. The molecule has 146 valence electrons. The zero-order valence-corrected chi connectivity index (χ0v) is 18.1. The third kappa shape index (κ3) is 4.72. The number of hydrogen-bond donors (Lipinski definition) is 3. The Kier molecular flexibility index (Phi) is 6.70. The number of allylic oxidation sites excluding steroid dienone is 1. The highest BCUT2D eigenvalue weighted by atomic mass is 79.9. The Morgan fingerprint density at radius 1 is 1.25 bits per heavy atom. The van der Waals surface area contributed by atoms with E-state index in [0.29, 0.717) is 23.0 Å². The fraction of sp³-hybridized carbons (Fsp3) is 0.238. The number of halogens is 1. The number of benzene rings is 2. The van der Waals surface area contributed by atoms with Crippen LogP contribution in [0.1, 0.15) is 31.9 Å². The topological polar surface area (TPSA) is 62.4 Å². The van der Waals surface area contributed by atoms with Gasteiger partial charge >= 0.3 is 0 Å². The van der Waals surface area contributed by atoms with Gasteiger partial charge in [-0.3, -0.25) is 4.79 Å². The van der Waals surface area contributed by atoms with Crippen molar-refractivity contribution in [2.24, 2.45) is 0 Å². The predicted octanol–water partition coefficient (Wildman–Crippen LogP) is 4.67. The average Bonchev–Trinajstić information content (AvgIpc) is 2.67. The highest BCUT2D eigenvalue weighted by molar-refractivity contribution is 9.10. The van der Waals surface area contributed by atoms with Crippen molar-refractivity contribution in [1.29, 1.82) is 0 Å². The number of hydrogen-bond acceptors (Lipinski definition) is 3. The average molecular weight is 460 g/mol. The number of carbonyl (C=O) groups is 1. The van der Waals surface area contributed by atoms with Crippen molar-refractivity contribution in [2.45, 2.75) is 26.3 Å². The summed E-state index contributed by atoms with van der Waals surface area (Å²) in [4.78, 5) is 13.1. The van der Waals surface area contributed by atoms with Crippen molar-refractivity contribution in [3.8, 4) is 5.75 Å². The Morgan fingerprint density at radius 2 is 2.00 bits per heavy atom. The van der Waals surface area contributed by atoms with Crippen molar-refractivity contribution in [3.05, 3.63) is 69.8 Å². The van der Waals surface area contributed by atoms with Gasteiger partial charge in [0.15, 0.2) is 5.11 Å². The van der Waals surface area contributed by atoms with E-state index < -0.39 is 6.04 Å². The van der Waals surface area contributed by atoms with Crippen LogP contribution in [0.5, 0.6) is 5.75 Å². The highest BCUT2D eigenvalue weighted by Crippen LogP contribution is 2.35. The first-order valence-corrected chi connectivity index (χ1v) is 10.3. The maximum atomic E-state index is 13.1. The fourth-order valence-corrected chi connectivity index (χ4v) is 3.69. The van der Waals surface area contributed by atoms with E-state index >= 15 is 0 Å². The lowest BCUT2D eigenvalue weighted by molar-refractivity contribution is -0.113. The zero-order valence-electron chi connectivity index (χ0n) is 15.7. The summed E-state index contributed by atoms with van der Waals surface area (Å²) in [6.07, 6.45) is 0.893. The van der Waals surface area contributed by atoms with Crippen LogP contribution in [0.4, 0.5) is 5.69 Å². The van der Waals surface area contributed by atoms with Crippen molar-refractivity contribution in [3.63, 3.8) is 0 Å². The van der Waals surface area contributed by atoms with Crippen LogP contribution < -0.4 is 20.7 Å². The van der Waals surface area contributed by atoms with Gasteiger partial charge in [-0.25, -0.2) is 0 Å². The molecule has 3 rings (SSSR count). The van der Waals surface area contributed by atoms with Crippen LogP contribution in [-0.4, -0.2) is 17.6 Å². The summed E-state index contributed by atoms with van der Waals surface area (Å²) in [5.41, 5.74) is 2.86. The third-order valence-electron chi connectivity index (χ3n) is 4.29. The minimum atomic E-state index is -0.429. The molecule has 1 heterocycles. The molecule has 1 aliphatic heterocycles. The summed E-state index contributed by atoms with van der Waals surface area (Å²) >= 11 is 8.88. The Bertz CT molecular complexity index is 915. The largest absolute Gasteiger partial charge is 0.493 e. The van der Waals surface area contributed by atoms with Gasteiger partial charge in [-0.1, -0.05) is 41.1 Å². The second-order valence-corrected chi connectivity index (χ2v) is 7.74. The number of nitrogens with one attached hydrogen (secondary N) is 3. The van der Waals surface area contributed by atoms with Crippen LogP contribution in [0.2, 0.25) is 0 Å². The SMILES string of the molecule is CCCOc1ccc(Br)cc1[C@@H]1NC(=S)NC(C)=C1C(=O)Nc1ccccc1. The van der Waals surface area contributed by atoms with Crippen LogP contribution in [0.25, 0.3) is 0 Å². The van der Waals surface area contributed by atoms with Crippen molar-refractivity contribution >= 4 is 44.9 Å². The van der Waals surface area contributed by atoms with Gasteiger partial charge in [-0.15, -0.1) is 0 Å². The quantitative estimate of drug-likeness (QED) is 0.547. The Labute approximate surface area is 178 Å². The molecule has 1 aliphatic rings. The summed E-state index contributed by atoms with van der Waals surface area (Å²) in [6, 6.07) is 14.7. The number of thiocarbonyl (C=S) groups is 1. The molecule has 0 bridgehead atoms. The summed E-state index contributed by atoms with van der Waals surface area (Å²) in [5.74, 6) is 0.530.